The summed E-state index contributed by atoms with van der Waals surface area (Å²) in [5, 5.41) is 1.08. The van der Waals surface area contributed by atoms with E-state index in [1.807, 2.05) is 53.7 Å². The van der Waals surface area contributed by atoms with Gasteiger partial charge in [-0.3, -0.25) is 4.79 Å². The minimum Gasteiger partial charge on any atom is -0.496 e. The van der Waals surface area contributed by atoms with Crippen LogP contribution >= 0.6 is 0 Å². The molecule has 0 atom stereocenters. The number of carbonyl (C=O) groups excluding carboxylic acids is 1. The number of benzene rings is 1. The van der Waals surface area contributed by atoms with E-state index in [9.17, 15) is 4.79 Å². The zero-order valence-electron chi connectivity index (χ0n) is 15.5. The summed E-state index contributed by atoms with van der Waals surface area (Å²) in [7, 11) is 1.68. The van der Waals surface area contributed by atoms with Crippen LogP contribution in [0.2, 0.25) is 0 Å². The molecule has 0 radical (unpaired) electrons. The molecule has 1 saturated heterocycles. The second-order valence-electron chi connectivity index (χ2n) is 6.71. The highest BCUT2D eigenvalue weighted by Gasteiger charge is 2.21. The third kappa shape index (κ3) is 3.60. The topological polar surface area (TPSA) is 50.6 Å². The Balaban J connectivity index is 1.34. The van der Waals surface area contributed by atoms with Crippen LogP contribution in [0.3, 0.4) is 0 Å². The summed E-state index contributed by atoms with van der Waals surface area (Å²) in [6, 6.07) is 14.0. The first-order valence-corrected chi connectivity index (χ1v) is 9.32. The van der Waals surface area contributed by atoms with E-state index in [2.05, 4.69) is 20.5 Å². The van der Waals surface area contributed by atoms with E-state index in [-0.39, 0.29) is 5.91 Å². The van der Waals surface area contributed by atoms with Gasteiger partial charge in [0.1, 0.15) is 11.6 Å². The number of rotatable bonds is 5. The molecule has 0 N–H and O–H groups in total. The van der Waals surface area contributed by atoms with Gasteiger partial charge in [0.05, 0.1) is 12.6 Å². The molecule has 2 aromatic heterocycles. The Morgan fingerprint density at radius 2 is 1.93 bits per heavy atom. The summed E-state index contributed by atoms with van der Waals surface area (Å²) in [5.41, 5.74) is 1.10. The Kier molecular flexibility index (Phi) is 4.96. The molecule has 140 valence electrons. The van der Waals surface area contributed by atoms with Crippen molar-refractivity contribution in [2.75, 3.05) is 38.2 Å². The number of fused-ring (bicyclic) bond motifs is 1. The lowest BCUT2D eigenvalue weighted by molar-refractivity contribution is -0.131. The van der Waals surface area contributed by atoms with Crippen LogP contribution in [0.1, 0.15) is 6.42 Å². The standard InChI is InChI=1S/C21H24N4O2/c1-27-19-6-4-5-18-17(19)8-11-23(18)12-9-21(26)25-15-13-24(14-16-25)20-7-2-3-10-22-20/h2-8,10-11H,9,12-16H2,1H3. The number of hydrogen-bond donors (Lipinski definition) is 0. The maximum absolute atomic E-state index is 12.6. The first kappa shape index (κ1) is 17.4. The van der Waals surface area contributed by atoms with Crippen molar-refractivity contribution in [2.24, 2.45) is 0 Å². The molecule has 27 heavy (non-hydrogen) atoms. The summed E-state index contributed by atoms with van der Waals surface area (Å²) < 4.78 is 7.53. The van der Waals surface area contributed by atoms with Gasteiger partial charge in [0.15, 0.2) is 0 Å². The Morgan fingerprint density at radius 1 is 1.07 bits per heavy atom. The smallest absolute Gasteiger partial charge is 0.224 e. The van der Waals surface area contributed by atoms with Crippen LogP contribution in [0.25, 0.3) is 10.9 Å². The van der Waals surface area contributed by atoms with Crippen LogP contribution in [0.4, 0.5) is 5.82 Å². The van der Waals surface area contributed by atoms with E-state index in [1.165, 1.54) is 0 Å². The summed E-state index contributed by atoms with van der Waals surface area (Å²) in [4.78, 5) is 21.2. The molecule has 0 bridgehead atoms. The van der Waals surface area contributed by atoms with E-state index in [0.717, 1.165) is 48.6 Å². The van der Waals surface area contributed by atoms with E-state index in [0.29, 0.717) is 13.0 Å². The molecule has 6 heteroatoms. The number of aryl methyl sites for hydroxylation is 1. The fourth-order valence-electron chi connectivity index (χ4n) is 3.67. The molecule has 1 amide bonds. The van der Waals surface area contributed by atoms with Gasteiger partial charge in [-0.05, 0) is 30.3 Å². The summed E-state index contributed by atoms with van der Waals surface area (Å²) >= 11 is 0. The monoisotopic (exact) mass is 364 g/mol. The molecule has 0 saturated carbocycles. The molecular weight excluding hydrogens is 340 g/mol. The van der Waals surface area contributed by atoms with E-state index in [1.54, 1.807) is 7.11 Å². The van der Waals surface area contributed by atoms with Crippen molar-refractivity contribution in [3.05, 3.63) is 54.9 Å². The molecule has 6 nitrogen and oxygen atoms in total. The molecular formula is C21H24N4O2. The van der Waals surface area contributed by atoms with Gasteiger partial charge < -0.3 is 19.1 Å². The van der Waals surface area contributed by atoms with Gasteiger partial charge in [0.25, 0.3) is 0 Å². The van der Waals surface area contributed by atoms with Crippen LogP contribution in [0.15, 0.2) is 54.9 Å². The average molecular weight is 364 g/mol. The minimum atomic E-state index is 0.209. The summed E-state index contributed by atoms with van der Waals surface area (Å²) in [6.45, 7) is 3.82. The van der Waals surface area contributed by atoms with Crippen molar-refractivity contribution in [1.82, 2.24) is 14.5 Å². The van der Waals surface area contributed by atoms with Gasteiger partial charge in [0.2, 0.25) is 5.91 Å². The highest BCUT2D eigenvalue weighted by Crippen LogP contribution is 2.26. The summed E-state index contributed by atoms with van der Waals surface area (Å²) in [6.07, 6.45) is 4.34. The summed E-state index contributed by atoms with van der Waals surface area (Å²) in [5.74, 6) is 2.06. The molecule has 3 heterocycles. The highest BCUT2D eigenvalue weighted by molar-refractivity contribution is 5.86. The predicted molar refractivity (Wildman–Crippen MR) is 106 cm³/mol. The van der Waals surface area contributed by atoms with Crippen molar-refractivity contribution in [2.45, 2.75) is 13.0 Å². The van der Waals surface area contributed by atoms with Gasteiger partial charge in [-0.15, -0.1) is 0 Å². The van der Waals surface area contributed by atoms with Crippen molar-refractivity contribution in [3.63, 3.8) is 0 Å². The Morgan fingerprint density at radius 3 is 2.67 bits per heavy atom. The Hall–Kier alpha value is -3.02. The molecule has 0 spiro atoms. The largest absolute Gasteiger partial charge is 0.496 e. The second kappa shape index (κ2) is 7.70. The van der Waals surface area contributed by atoms with Gasteiger partial charge in [-0.1, -0.05) is 12.1 Å². The van der Waals surface area contributed by atoms with Crippen LogP contribution < -0.4 is 9.64 Å². The van der Waals surface area contributed by atoms with Crippen LogP contribution in [0.5, 0.6) is 5.75 Å². The van der Waals surface area contributed by atoms with Gasteiger partial charge >= 0.3 is 0 Å². The Labute approximate surface area is 159 Å². The lowest BCUT2D eigenvalue weighted by Crippen LogP contribution is -2.49. The number of methoxy groups -OCH3 is 1. The SMILES string of the molecule is COc1cccc2c1ccn2CCC(=O)N1CCN(c2ccccn2)CC1. The molecule has 4 rings (SSSR count). The molecule has 0 unspecified atom stereocenters. The van der Waals surface area contributed by atoms with Crippen LogP contribution in [-0.2, 0) is 11.3 Å². The zero-order valence-corrected chi connectivity index (χ0v) is 15.5. The van der Waals surface area contributed by atoms with Crippen molar-refractivity contribution >= 4 is 22.6 Å². The quantitative estimate of drug-likeness (QED) is 0.699. The number of piperazine rings is 1. The van der Waals surface area contributed by atoms with Gasteiger partial charge in [-0.25, -0.2) is 4.98 Å². The number of aromatic nitrogens is 2. The maximum Gasteiger partial charge on any atom is 0.224 e. The molecule has 1 aliphatic rings. The first-order valence-electron chi connectivity index (χ1n) is 9.32. The van der Waals surface area contributed by atoms with E-state index < -0.39 is 0 Å². The fraction of sp³-hybridized carbons (Fsp3) is 0.333. The normalized spacial score (nSPS) is 14.6. The van der Waals surface area contributed by atoms with E-state index >= 15 is 0 Å². The number of amides is 1. The zero-order chi connectivity index (χ0) is 18.6. The van der Waals surface area contributed by atoms with Crippen molar-refractivity contribution < 1.29 is 9.53 Å². The average Bonchev–Trinajstić information content (AvgIpc) is 3.16. The molecule has 0 aliphatic carbocycles. The number of hydrogen-bond acceptors (Lipinski definition) is 4. The third-order valence-corrected chi connectivity index (χ3v) is 5.17. The van der Waals surface area contributed by atoms with Gasteiger partial charge in [0, 0.05) is 56.9 Å². The molecule has 1 aliphatic heterocycles. The fourth-order valence-corrected chi connectivity index (χ4v) is 3.67. The van der Waals surface area contributed by atoms with Gasteiger partial charge in [-0.2, -0.15) is 0 Å². The Bertz CT molecular complexity index is 914. The van der Waals surface area contributed by atoms with Crippen LogP contribution in [-0.4, -0.2) is 53.6 Å². The lowest BCUT2D eigenvalue weighted by Gasteiger charge is -2.35. The number of anilines is 1. The second-order valence-corrected chi connectivity index (χ2v) is 6.71. The number of ether oxygens (including phenoxy) is 1. The molecule has 1 fully saturated rings. The number of pyridine rings is 1. The molecule has 3 aromatic rings. The highest BCUT2D eigenvalue weighted by atomic mass is 16.5. The van der Waals surface area contributed by atoms with Crippen molar-refractivity contribution in [1.29, 1.82) is 0 Å². The first-order chi connectivity index (χ1) is 13.3. The lowest BCUT2D eigenvalue weighted by atomic mass is 10.2. The number of nitrogens with zero attached hydrogens (tertiary/aromatic N) is 4. The van der Waals surface area contributed by atoms with Crippen LogP contribution in [0, 0.1) is 0 Å². The van der Waals surface area contributed by atoms with E-state index in [4.69, 9.17) is 4.74 Å². The van der Waals surface area contributed by atoms with Crippen molar-refractivity contribution in [3.8, 4) is 5.75 Å². The molecule has 1 aromatic carbocycles. The maximum atomic E-state index is 12.6. The third-order valence-electron chi connectivity index (χ3n) is 5.17. The number of carbonyl (C=O) groups is 1. The predicted octanol–water partition coefficient (Wildman–Crippen LogP) is 2.78. The minimum absolute atomic E-state index is 0.209.